The van der Waals surface area contributed by atoms with Gasteiger partial charge in [-0.25, -0.2) is 5.43 Å². The number of nitrogens with zero attached hydrogens (tertiary/aromatic N) is 2. The van der Waals surface area contributed by atoms with E-state index in [0.717, 1.165) is 6.21 Å². The number of carbonyl (C=O) groups is 1. The van der Waals surface area contributed by atoms with Crippen molar-refractivity contribution in [3.8, 4) is 11.6 Å². The van der Waals surface area contributed by atoms with Crippen LogP contribution in [-0.2, 0) is 0 Å². The first-order valence-electron chi connectivity index (χ1n) is 7.70. The van der Waals surface area contributed by atoms with Gasteiger partial charge in [0.05, 0.1) is 11.9 Å². The van der Waals surface area contributed by atoms with E-state index in [2.05, 4.69) is 15.5 Å². The molecule has 1 heterocycles. The second-order valence-corrected chi connectivity index (χ2v) is 6.20. The molecule has 0 saturated carbocycles. The first-order chi connectivity index (χ1) is 13.0. The number of rotatable bonds is 4. The van der Waals surface area contributed by atoms with Gasteiger partial charge < -0.3 is 5.11 Å². The highest BCUT2D eigenvalue weighted by Crippen LogP contribution is 2.20. The molecule has 0 saturated heterocycles. The fourth-order valence-electron chi connectivity index (χ4n) is 2.29. The first-order valence-corrected chi connectivity index (χ1v) is 8.48. The lowest BCUT2D eigenvalue weighted by Gasteiger charge is -2.11. The zero-order chi connectivity index (χ0) is 19.4. The number of hydrogen-bond acceptors (Lipinski definition) is 5. The lowest BCUT2D eigenvalue weighted by atomic mass is 10.2. The van der Waals surface area contributed by atoms with E-state index < -0.39 is 17.3 Å². The van der Waals surface area contributed by atoms with Gasteiger partial charge in [-0.3, -0.25) is 19.1 Å². The Balaban J connectivity index is 1.93. The second-order valence-electron chi connectivity index (χ2n) is 5.37. The van der Waals surface area contributed by atoms with Crippen molar-refractivity contribution in [2.45, 2.75) is 0 Å². The fourth-order valence-corrected chi connectivity index (χ4v) is 2.70. The molecule has 27 heavy (non-hydrogen) atoms. The van der Waals surface area contributed by atoms with Crippen LogP contribution < -0.4 is 11.0 Å². The van der Waals surface area contributed by atoms with E-state index >= 15 is 0 Å². The molecule has 0 bridgehead atoms. The van der Waals surface area contributed by atoms with Crippen LogP contribution in [0.2, 0.25) is 5.02 Å². The summed E-state index contributed by atoms with van der Waals surface area (Å²) in [5, 5.41) is 14.8. The second kappa shape index (κ2) is 7.98. The third kappa shape index (κ3) is 4.13. The summed E-state index contributed by atoms with van der Waals surface area (Å²) in [5.41, 5.74) is 2.41. The molecule has 1 amide bonds. The normalized spacial score (nSPS) is 10.9. The van der Waals surface area contributed by atoms with Crippen LogP contribution in [0.3, 0.4) is 0 Å². The molecule has 0 aliphatic heterocycles. The first kappa shape index (κ1) is 18.6. The molecular weight excluding hydrogens is 388 g/mol. The van der Waals surface area contributed by atoms with E-state index in [0.29, 0.717) is 16.3 Å². The summed E-state index contributed by atoms with van der Waals surface area (Å²) in [7, 11) is 0. The maximum Gasteiger partial charge on any atom is 0.271 e. The van der Waals surface area contributed by atoms with Crippen LogP contribution in [0.15, 0.2) is 64.5 Å². The molecule has 0 spiro atoms. The van der Waals surface area contributed by atoms with Crippen molar-refractivity contribution in [1.82, 2.24) is 15.0 Å². The number of amides is 1. The Morgan fingerprint density at radius 2 is 1.85 bits per heavy atom. The van der Waals surface area contributed by atoms with Crippen LogP contribution in [0.4, 0.5) is 0 Å². The minimum atomic E-state index is -0.638. The van der Waals surface area contributed by atoms with Gasteiger partial charge in [0.25, 0.3) is 11.5 Å². The number of hydrogen-bond donors (Lipinski definition) is 3. The average Bonchev–Trinajstić information content (AvgIpc) is 2.66. The third-order valence-corrected chi connectivity index (χ3v) is 4.14. The third-order valence-electron chi connectivity index (χ3n) is 3.60. The number of halogens is 1. The van der Waals surface area contributed by atoms with E-state index in [1.807, 2.05) is 0 Å². The Hall–Kier alpha value is -3.23. The summed E-state index contributed by atoms with van der Waals surface area (Å²) >= 11 is 11.0. The van der Waals surface area contributed by atoms with Gasteiger partial charge in [0.2, 0.25) is 5.88 Å². The monoisotopic (exact) mass is 400 g/mol. The Labute approximate surface area is 163 Å². The van der Waals surface area contributed by atoms with Crippen molar-refractivity contribution in [1.29, 1.82) is 0 Å². The maximum atomic E-state index is 12.1. The van der Waals surface area contributed by atoms with Gasteiger partial charge in [-0.05, 0) is 48.6 Å². The molecule has 2 aromatic carbocycles. The zero-order valence-corrected chi connectivity index (χ0v) is 15.3. The van der Waals surface area contributed by atoms with E-state index in [9.17, 15) is 14.7 Å². The summed E-state index contributed by atoms with van der Waals surface area (Å²) in [4.78, 5) is 26.6. The van der Waals surface area contributed by atoms with Crippen LogP contribution >= 0.6 is 23.8 Å². The van der Waals surface area contributed by atoms with Crippen molar-refractivity contribution in [2.75, 3.05) is 0 Å². The Morgan fingerprint density at radius 3 is 2.52 bits per heavy atom. The molecule has 3 rings (SSSR count). The number of aromatic amines is 1. The molecule has 1 aromatic heterocycles. The SMILES string of the molecule is O=C(N/N=C\c1c(O)n(-c2ccc(Cl)cc2)c(=S)[nH]c1=O)c1ccccc1. The highest BCUT2D eigenvalue weighted by Gasteiger charge is 2.13. The van der Waals surface area contributed by atoms with Crippen LogP contribution in [0.5, 0.6) is 5.88 Å². The Kier molecular flexibility index (Phi) is 5.49. The van der Waals surface area contributed by atoms with E-state index in [1.54, 1.807) is 54.6 Å². The van der Waals surface area contributed by atoms with Crippen molar-refractivity contribution in [3.05, 3.63) is 85.9 Å². The molecule has 0 aliphatic rings. The summed E-state index contributed by atoms with van der Waals surface area (Å²) in [6.45, 7) is 0. The average molecular weight is 401 g/mol. The smallest absolute Gasteiger partial charge is 0.271 e. The molecule has 0 fully saturated rings. The van der Waals surface area contributed by atoms with Gasteiger partial charge >= 0.3 is 0 Å². The van der Waals surface area contributed by atoms with Crippen molar-refractivity contribution in [3.63, 3.8) is 0 Å². The largest absolute Gasteiger partial charge is 0.494 e. The van der Waals surface area contributed by atoms with Gasteiger partial charge in [0.15, 0.2) is 4.77 Å². The molecule has 3 aromatic rings. The number of benzene rings is 2. The highest BCUT2D eigenvalue weighted by molar-refractivity contribution is 7.71. The highest BCUT2D eigenvalue weighted by atomic mass is 35.5. The van der Waals surface area contributed by atoms with Crippen LogP contribution in [0.25, 0.3) is 5.69 Å². The summed E-state index contributed by atoms with van der Waals surface area (Å²) in [6, 6.07) is 15.0. The van der Waals surface area contributed by atoms with E-state index in [1.165, 1.54) is 4.57 Å². The molecule has 136 valence electrons. The minimum Gasteiger partial charge on any atom is -0.494 e. The fraction of sp³-hybridized carbons (Fsp3) is 0. The van der Waals surface area contributed by atoms with E-state index in [4.69, 9.17) is 23.8 Å². The Morgan fingerprint density at radius 1 is 1.19 bits per heavy atom. The van der Waals surface area contributed by atoms with E-state index in [-0.39, 0.29) is 10.3 Å². The molecule has 7 nitrogen and oxygen atoms in total. The zero-order valence-electron chi connectivity index (χ0n) is 13.7. The number of aromatic nitrogens is 2. The molecule has 0 unspecified atom stereocenters. The number of aromatic hydroxyl groups is 1. The molecular formula is C18H13ClN4O3S. The van der Waals surface area contributed by atoms with Gasteiger partial charge in [-0.1, -0.05) is 29.8 Å². The maximum absolute atomic E-state index is 12.1. The predicted octanol–water partition coefficient (Wildman–Crippen LogP) is 3.02. The summed E-state index contributed by atoms with van der Waals surface area (Å²) in [6.07, 6.45) is 1.05. The summed E-state index contributed by atoms with van der Waals surface area (Å²) < 4.78 is 1.26. The number of hydrazone groups is 1. The predicted molar refractivity (Wildman–Crippen MR) is 105 cm³/mol. The van der Waals surface area contributed by atoms with Gasteiger partial charge in [-0.2, -0.15) is 5.10 Å². The molecule has 0 radical (unpaired) electrons. The quantitative estimate of drug-likeness (QED) is 0.356. The minimum absolute atomic E-state index is 0.00490. The van der Waals surface area contributed by atoms with Crippen molar-refractivity contribution in [2.24, 2.45) is 5.10 Å². The van der Waals surface area contributed by atoms with Crippen LogP contribution in [0.1, 0.15) is 15.9 Å². The van der Waals surface area contributed by atoms with Crippen LogP contribution in [0, 0.1) is 4.77 Å². The number of H-pyrrole nitrogens is 1. The van der Waals surface area contributed by atoms with Gasteiger partial charge in [-0.15, -0.1) is 0 Å². The lowest BCUT2D eigenvalue weighted by Crippen LogP contribution is -2.21. The Bertz CT molecular complexity index is 1120. The topological polar surface area (TPSA) is 99.5 Å². The van der Waals surface area contributed by atoms with Gasteiger partial charge in [0.1, 0.15) is 5.56 Å². The number of nitrogens with one attached hydrogen (secondary N) is 2. The standard InChI is InChI=1S/C18H13ClN4O3S/c19-12-6-8-13(9-7-12)23-17(26)14(16(25)21-18(23)27)10-20-22-15(24)11-4-2-1-3-5-11/h1-10,26H,(H,22,24)(H,21,25,27)/b20-10-. The molecule has 0 atom stereocenters. The molecule has 9 heteroatoms. The summed E-state index contributed by atoms with van der Waals surface area (Å²) in [5.74, 6) is -0.864. The van der Waals surface area contributed by atoms with Crippen molar-refractivity contribution < 1.29 is 9.90 Å². The van der Waals surface area contributed by atoms with Gasteiger partial charge in [0, 0.05) is 10.6 Å². The lowest BCUT2D eigenvalue weighted by molar-refractivity contribution is 0.0955. The van der Waals surface area contributed by atoms with Crippen LogP contribution in [-0.4, -0.2) is 26.8 Å². The number of carbonyl (C=O) groups excluding carboxylic acids is 1. The van der Waals surface area contributed by atoms with Crippen molar-refractivity contribution >= 4 is 35.9 Å². The molecule has 3 N–H and O–H groups in total. The molecule has 0 aliphatic carbocycles.